The highest BCUT2D eigenvalue weighted by atomic mass is 35.5. The molecule has 0 radical (unpaired) electrons. The Balaban J connectivity index is 1.81. The fraction of sp³-hybridized carbons (Fsp3) is 0.276. The van der Waals surface area contributed by atoms with Gasteiger partial charge in [0.15, 0.2) is 11.5 Å². The molecule has 1 N–H and O–H groups in total. The zero-order chi connectivity index (χ0) is 27.4. The predicted octanol–water partition coefficient (Wildman–Crippen LogP) is 4.46. The molecule has 4 rings (SSSR count). The van der Waals surface area contributed by atoms with Crippen molar-refractivity contribution in [3.63, 3.8) is 0 Å². The highest BCUT2D eigenvalue weighted by molar-refractivity contribution is 6.30. The minimum atomic E-state index is -0.478. The van der Waals surface area contributed by atoms with E-state index < -0.39 is 11.2 Å². The van der Waals surface area contributed by atoms with Crippen molar-refractivity contribution in [3.8, 4) is 11.5 Å². The van der Waals surface area contributed by atoms with E-state index in [4.69, 9.17) is 21.1 Å². The molecule has 0 saturated heterocycles. The zero-order valence-electron chi connectivity index (χ0n) is 21.8. The SMILES string of the molecule is CCC(C)NC(=O)c1ccc(Cn2c(=O)c3cc(OC)c(OC)cc3n(Cc3cccc(Cl)c3)c2=O)cc1. The molecule has 1 atom stereocenters. The largest absolute Gasteiger partial charge is 0.493 e. The highest BCUT2D eigenvalue weighted by Crippen LogP contribution is 2.30. The molecule has 3 aromatic carbocycles. The Labute approximate surface area is 225 Å². The average molecular weight is 536 g/mol. The number of methoxy groups -OCH3 is 2. The molecule has 0 fully saturated rings. The molecule has 0 aliphatic heterocycles. The molecule has 1 aromatic heterocycles. The van der Waals surface area contributed by atoms with Crippen LogP contribution in [0, 0.1) is 0 Å². The Bertz CT molecular complexity index is 1590. The van der Waals surface area contributed by atoms with Gasteiger partial charge in [-0.05, 0) is 54.8 Å². The number of carbonyl (C=O) groups excluding carboxylic acids is 1. The summed E-state index contributed by atoms with van der Waals surface area (Å²) in [5.41, 5.74) is 1.51. The van der Waals surface area contributed by atoms with Gasteiger partial charge in [0, 0.05) is 22.7 Å². The lowest BCUT2D eigenvalue weighted by Gasteiger charge is -2.17. The van der Waals surface area contributed by atoms with Gasteiger partial charge in [0.25, 0.3) is 11.5 Å². The molecule has 0 aliphatic rings. The van der Waals surface area contributed by atoms with Crippen LogP contribution in [-0.2, 0) is 13.1 Å². The average Bonchev–Trinajstić information content (AvgIpc) is 2.92. The number of nitrogens with one attached hydrogen (secondary N) is 1. The van der Waals surface area contributed by atoms with Crippen molar-refractivity contribution in [3.05, 3.63) is 103 Å². The maximum Gasteiger partial charge on any atom is 0.332 e. The first kappa shape index (κ1) is 27.0. The Morgan fingerprint density at radius 2 is 1.58 bits per heavy atom. The van der Waals surface area contributed by atoms with E-state index in [1.54, 1.807) is 48.5 Å². The van der Waals surface area contributed by atoms with E-state index in [0.717, 1.165) is 12.0 Å². The van der Waals surface area contributed by atoms with Gasteiger partial charge in [-0.15, -0.1) is 0 Å². The maximum atomic E-state index is 13.7. The molecular weight excluding hydrogens is 506 g/mol. The van der Waals surface area contributed by atoms with E-state index in [1.165, 1.54) is 23.4 Å². The Morgan fingerprint density at radius 1 is 0.921 bits per heavy atom. The number of benzene rings is 3. The van der Waals surface area contributed by atoms with Gasteiger partial charge in [-0.25, -0.2) is 4.79 Å². The lowest BCUT2D eigenvalue weighted by Crippen LogP contribution is -2.40. The first-order valence-corrected chi connectivity index (χ1v) is 12.7. The third-order valence-corrected chi connectivity index (χ3v) is 6.74. The number of ether oxygens (including phenoxy) is 2. The fourth-order valence-corrected chi connectivity index (χ4v) is 4.42. The molecule has 1 amide bonds. The van der Waals surface area contributed by atoms with Gasteiger partial charge in [0.2, 0.25) is 0 Å². The van der Waals surface area contributed by atoms with Crippen molar-refractivity contribution in [2.45, 2.75) is 39.4 Å². The second-order valence-electron chi connectivity index (χ2n) is 9.09. The molecule has 198 valence electrons. The third-order valence-electron chi connectivity index (χ3n) is 6.51. The molecule has 4 aromatic rings. The molecule has 38 heavy (non-hydrogen) atoms. The van der Waals surface area contributed by atoms with Crippen LogP contribution in [0.4, 0.5) is 0 Å². The van der Waals surface area contributed by atoms with Gasteiger partial charge >= 0.3 is 5.69 Å². The molecule has 0 aliphatic carbocycles. The van der Waals surface area contributed by atoms with E-state index in [0.29, 0.717) is 38.6 Å². The van der Waals surface area contributed by atoms with Crippen LogP contribution in [0.3, 0.4) is 0 Å². The van der Waals surface area contributed by atoms with Crippen LogP contribution in [0.1, 0.15) is 41.8 Å². The van der Waals surface area contributed by atoms with Gasteiger partial charge in [0.1, 0.15) is 0 Å². The third kappa shape index (κ3) is 5.60. The molecule has 0 spiro atoms. The summed E-state index contributed by atoms with van der Waals surface area (Å²) in [6.07, 6.45) is 0.826. The normalized spacial score (nSPS) is 11.8. The summed E-state index contributed by atoms with van der Waals surface area (Å²) in [7, 11) is 2.99. The standard InChI is InChI=1S/C29H30ClN3O5/c1-5-18(2)31-27(34)21-11-9-19(10-12-21)16-33-28(35)23-14-25(37-3)26(38-4)15-24(23)32(29(33)36)17-20-7-6-8-22(30)13-20/h6-15,18H,5,16-17H2,1-4H3,(H,31,34). The number of rotatable bonds is 9. The summed E-state index contributed by atoms with van der Waals surface area (Å²) >= 11 is 6.18. The minimum absolute atomic E-state index is 0.0325. The summed E-state index contributed by atoms with van der Waals surface area (Å²) in [6.45, 7) is 4.17. The van der Waals surface area contributed by atoms with Gasteiger partial charge in [0.05, 0.1) is 38.2 Å². The summed E-state index contributed by atoms with van der Waals surface area (Å²) in [4.78, 5) is 39.8. The second kappa shape index (κ2) is 11.6. The number of carbonyl (C=O) groups is 1. The predicted molar refractivity (Wildman–Crippen MR) is 149 cm³/mol. The lowest BCUT2D eigenvalue weighted by molar-refractivity contribution is 0.0939. The van der Waals surface area contributed by atoms with E-state index in [1.807, 2.05) is 26.0 Å². The van der Waals surface area contributed by atoms with Crippen molar-refractivity contribution in [1.82, 2.24) is 14.5 Å². The summed E-state index contributed by atoms with van der Waals surface area (Å²) in [5.74, 6) is 0.620. The van der Waals surface area contributed by atoms with E-state index in [-0.39, 0.29) is 25.0 Å². The summed E-state index contributed by atoms with van der Waals surface area (Å²) in [5, 5.41) is 3.79. The number of fused-ring (bicyclic) bond motifs is 1. The van der Waals surface area contributed by atoms with E-state index in [2.05, 4.69) is 5.32 Å². The Morgan fingerprint density at radius 3 is 2.21 bits per heavy atom. The topological polar surface area (TPSA) is 91.6 Å². The van der Waals surface area contributed by atoms with Crippen LogP contribution in [0.2, 0.25) is 5.02 Å². The first-order valence-electron chi connectivity index (χ1n) is 12.3. The van der Waals surface area contributed by atoms with Crippen molar-refractivity contribution >= 4 is 28.4 Å². The molecular formula is C29H30ClN3O5. The van der Waals surface area contributed by atoms with Crippen LogP contribution in [0.5, 0.6) is 11.5 Å². The number of amides is 1. The summed E-state index contributed by atoms with van der Waals surface area (Å²) < 4.78 is 13.6. The highest BCUT2D eigenvalue weighted by Gasteiger charge is 2.18. The van der Waals surface area contributed by atoms with Crippen LogP contribution in [0.15, 0.2) is 70.3 Å². The molecule has 1 unspecified atom stereocenters. The van der Waals surface area contributed by atoms with Crippen molar-refractivity contribution in [1.29, 1.82) is 0 Å². The minimum Gasteiger partial charge on any atom is -0.493 e. The van der Waals surface area contributed by atoms with Gasteiger partial charge in [-0.1, -0.05) is 42.8 Å². The van der Waals surface area contributed by atoms with Gasteiger partial charge in [-0.2, -0.15) is 0 Å². The van der Waals surface area contributed by atoms with E-state index >= 15 is 0 Å². The van der Waals surface area contributed by atoms with Crippen LogP contribution in [-0.4, -0.2) is 35.3 Å². The Hall–Kier alpha value is -4.04. The molecule has 9 heteroatoms. The number of hydrogen-bond acceptors (Lipinski definition) is 5. The monoisotopic (exact) mass is 535 g/mol. The number of nitrogens with zero attached hydrogens (tertiary/aromatic N) is 2. The quantitative estimate of drug-likeness (QED) is 0.342. The molecule has 0 bridgehead atoms. The first-order chi connectivity index (χ1) is 18.2. The number of hydrogen-bond donors (Lipinski definition) is 1. The molecule has 8 nitrogen and oxygen atoms in total. The molecule has 1 heterocycles. The van der Waals surface area contributed by atoms with Gasteiger partial charge in [-0.3, -0.25) is 18.7 Å². The van der Waals surface area contributed by atoms with Crippen LogP contribution in [0.25, 0.3) is 10.9 Å². The van der Waals surface area contributed by atoms with Crippen molar-refractivity contribution in [2.75, 3.05) is 14.2 Å². The van der Waals surface area contributed by atoms with Crippen LogP contribution >= 0.6 is 11.6 Å². The van der Waals surface area contributed by atoms with Crippen molar-refractivity contribution < 1.29 is 14.3 Å². The lowest BCUT2D eigenvalue weighted by atomic mass is 10.1. The zero-order valence-corrected chi connectivity index (χ0v) is 22.5. The maximum absolute atomic E-state index is 13.7. The van der Waals surface area contributed by atoms with Crippen molar-refractivity contribution in [2.24, 2.45) is 0 Å². The summed E-state index contributed by atoms with van der Waals surface area (Å²) in [6, 6.07) is 17.4. The van der Waals surface area contributed by atoms with Crippen LogP contribution < -0.4 is 26.0 Å². The number of halogens is 1. The number of aromatic nitrogens is 2. The smallest absolute Gasteiger partial charge is 0.332 e. The Kier molecular flexibility index (Phi) is 8.22. The fourth-order valence-electron chi connectivity index (χ4n) is 4.21. The molecule has 0 saturated carbocycles. The van der Waals surface area contributed by atoms with E-state index in [9.17, 15) is 14.4 Å². The second-order valence-corrected chi connectivity index (χ2v) is 9.53. The van der Waals surface area contributed by atoms with Gasteiger partial charge < -0.3 is 14.8 Å².